The van der Waals surface area contributed by atoms with Crippen molar-refractivity contribution in [2.75, 3.05) is 124 Å². The summed E-state index contributed by atoms with van der Waals surface area (Å²) in [6, 6.07) is 30.8. The van der Waals surface area contributed by atoms with Crippen molar-refractivity contribution in [1.82, 2.24) is 98.9 Å². The number of phenols is 2. The Bertz CT molecular complexity index is 4790. The second-order valence-corrected chi connectivity index (χ2v) is 28.4. The van der Waals surface area contributed by atoms with Gasteiger partial charge in [-0.3, -0.25) is 62.5 Å². The molecule has 1 atom stereocenters. The van der Waals surface area contributed by atoms with E-state index < -0.39 is 70.5 Å². The number of unbranched alkanes of at least 4 members (excludes halogenated alkanes) is 4. The molecule has 630 valence electrons. The van der Waals surface area contributed by atoms with Gasteiger partial charge < -0.3 is 105 Å². The van der Waals surface area contributed by atoms with Crippen molar-refractivity contribution < 1.29 is 77.9 Å². The number of phenolic OH excluding ortho intramolecular Hbond substituents is 2. The first-order chi connectivity index (χ1) is 57.7. The molecule has 119 heavy (non-hydrogen) atoms. The van der Waals surface area contributed by atoms with E-state index in [0.29, 0.717) is 94.4 Å². The van der Waals surface area contributed by atoms with E-state index in [9.17, 15) is 68.1 Å². The molecule has 36 heteroatoms. The van der Waals surface area contributed by atoms with Gasteiger partial charge in [-0.05, 0) is 97.3 Å². The summed E-state index contributed by atoms with van der Waals surface area (Å²) in [5.41, 5.74) is 8.53. The number of amides is 11. The smallest absolute Gasteiger partial charge is 0.279 e. The van der Waals surface area contributed by atoms with E-state index in [2.05, 4.69) is 89.1 Å². The topological polar surface area (TPSA) is 527 Å². The number of benzene rings is 6. The Morgan fingerprint density at radius 1 is 0.487 bits per heavy atom. The minimum atomic E-state index is -0.803. The van der Waals surface area contributed by atoms with Crippen molar-refractivity contribution in [2.24, 2.45) is 0 Å². The van der Waals surface area contributed by atoms with Gasteiger partial charge in [0.05, 0.1) is 28.6 Å². The van der Waals surface area contributed by atoms with Crippen LogP contribution in [-0.2, 0) is 29.3 Å². The van der Waals surface area contributed by atoms with Crippen molar-refractivity contribution in [3.8, 4) is 28.9 Å². The molecule has 0 saturated heterocycles. The Kier molecular flexibility index (Phi) is 33.5. The minimum absolute atomic E-state index is 0.00497. The standard InChI is InChI=1S/C83H102N20O16/c84-83-100-72-67(97-51-98-72)82(101-83)119-50-54-24-22-52(23-25-54)48-96-73(110)55-28-26-53(27-29-55)47-95-66(105)21-4-2-1-3-20-65(104)87-30-6-5-11-56-49-86-33-36-90-76(113)59-14-9-17-62(70(59)108)79(116)93-39-43-103(44-40-94-80(117)63-18-10-19-64(71(63)109)81(118)99-56)46-45-102-41-37-91-77(114)60-15-7-12-57(68(60)106)74(111)88-34-31-85-32-35-89-75(112)58-13-8-16-61(69(58)107)78(115)92-38-42-102/h7-10,12-19,22-29,51,56,85-86,106-109H,1-6,11,20-21,30-50H2,(H,87,104)(H,88,111)(H,89,112)(H,90,113)(H,91,114)(H,92,115)(H,93,116)(H,94,117)(H,95,105)(H,96,110)(H,99,118)(H3,84,97,98,100,101). The number of rotatable bonds is 23. The van der Waals surface area contributed by atoms with Crippen LogP contribution in [0.2, 0.25) is 0 Å². The van der Waals surface area contributed by atoms with Crippen LogP contribution in [0.3, 0.4) is 0 Å². The lowest BCUT2D eigenvalue weighted by Gasteiger charge is -2.28. The lowest BCUT2D eigenvalue weighted by Crippen LogP contribution is -2.46. The van der Waals surface area contributed by atoms with Crippen molar-refractivity contribution in [1.29, 1.82) is 0 Å². The van der Waals surface area contributed by atoms with Crippen LogP contribution >= 0.6 is 0 Å². The van der Waals surface area contributed by atoms with E-state index >= 15 is 0 Å². The second-order valence-electron chi connectivity index (χ2n) is 28.4. The quantitative estimate of drug-likeness (QED) is 0.0318. The van der Waals surface area contributed by atoms with Crippen molar-refractivity contribution >= 4 is 82.1 Å². The number of anilines is 1. The van der Waals surface area contributed by atoms with Gasteiger partial charge in [0.1, 0.15) is 29.2 Å². The molecule has 2 aromatic heterocycles. The van der Waals surface area contributed by atoms with Crippen LogP contribution in [0, 0.1) is 0 Å². The zero-order valence-electron chi connectivity index (χ0n) is 65.9. The number of aromatic nitrogens is 4. The molecule has 0 radical (unpaired) electrons. The fourth-order valence-electron chi connectivity index (χ4n) is 13.2. The summed E-state index contributed by atoms with van der Waals surface area (Å²) in [6.07, 6.45) is 6.32. The SMILES string of the molecule is Nc1nc(OCc2ccc(CNC(=O)c3ccc(CNC(=O)CCCCCCC(=O)NCCCCC4CNCCNC(=O)c5cccc(c5[O-])C(=O)NCCN(CCN5CCNC(=O)c6cccc(c6O)C(=O)NCCNCCNC(=O)c6cccc(c6[OH2+])C(=O)NCC5)CCNC(=O)c5cccc(c5O)C(=O)N4)cc3)cc2)c2nc[nH]c2n1. The largest absolute Gasteiger partial charge is 0.871 e. The molecule has 1 unspecified atom stereocenters. The van der Waals surface area contributed by atoms with E-state index in [-0.39, 0.29) is 185 Å². The third kappa shape index (κ3) is 26.6. The van der Waals surface area contributed by atoms with Gasteiger partial charge in [-0.1, -0.05) is 91.4 Å². The lowest BCUT2D eigenvalue weighted by molar-refractivity contribution is -0.269. The maximum atomic E-state index is 14.1. The second kappa shape index (κ2) is 45.3. The molecule has 0 saturated carbocycles. The van der Waals surface area contributed by atoms with Gasteiger partial charge in [0.25, 0.3) is 58.9 Å². The summed E-state index contributed by atoms with van der Waals surface area (Å²) in [6.45, 7) is 3.38. The van der Waals surface area contributed by atoms with Crippen LogP contribution in [-0.4, -0.2) is 234 Å². The Morgan fingerprint density at radius 3 is 1.44 bits per heavy atom. The van der Waals surface area contributed by atoms with Gasteiger partial charge in [-0.25, -0.2) is 4.98 Å². The Morgan fingerprint density at radius 2 is 0.916 bits per heavy atom. The molecule has 0 spiro atoms. The van der Waals surface area contributed by atoms with Crippen LogP contribution in [0.25, 0.3) is 11.2 Å². The number of fused-ring (bicyclic) bond motifs is 9. The number of hydrogen-bond acceptors (Lipinski definition) is 23. The number of nitrogens with zero attached hydrogens (tertiary/aromatic N) is 5. The van der Waals surface area contributed by atoms with Gasteiger partial charge in [0.15, 0.2) is 11.2 Å². The fraction of sp³-hybridized carbons (Fsp3) is 0.373. The number of nitrogens with two attached hydrogens (primary N) is 1. The Labute approximate surface area is 686 Å². The number of H-pyrrole nitrogens is 1. The zero-order chi connectivity index (χ0) is 84.4. The fourth-order valence-corrected chi connectivity index (χ4v) is 13.2. The molecule has 8 bridgehead atoms. The van der Waals surface area contributed by atoms with Gasteiger partial charge in [0, 0.05) is 166 Å². The molecule has 36 nitrogen and oxygen atoms in total. The maximum Gasteiger partial charge on any atom is 0.279 e. The zero-order valence-corrected chi connectivity index (χ0v) is 65.9. The van der Waals surface area contributed by atoms with Gasteiger partial charge in [0.2, 0.25) is 23.6 Å². The minimum Gasteiger partial charge on any atom is -0.871 e. The summed E-state index contributed by atoms with van der Waals surface area (Å²) >= 11 is 0. The number of aromatic amines is 1. The highest BCUT2D eigenvalue weighted by Crippen LogP contribution is 2.27. The van der Waals surface area contributed by atoms with Crippen molar-refractivity contribution in [3.63, 3.8) is 0 Å². The first kappa shape index (κ1) is 88.1. The number of para-hydroxylation sites is 4. The molecular weight excluding hydrogens is 1530 g/mol. The average molecular weight is 1640 g/mol. The van der Waals surface area contributed by atoms with E-state index in [1.807, 2.05) is 34.1 Å². The monoisotopic (exact) mass is 1630 g/mol. The lowest BCUT2D eigenvalue weighted by atomic mass is 10.1. The van der Waals surface area contributed by atoms with E-state index in [4.69, 9.17) is 15.6 Å². The van der Waals surface area contributed by atoms with Crippen molar-refractivity contribution in [2.45, 2.75) is 83.5 Å². The molecular formula is C83H102N20O16. The third-order valence-corrected chi connectivity index (χ3v) is 19.9. The Balaban J connectivity index is 0.677. The Hall–Kier alpha value is -13.3. The molecule has 2 aliphatic rings. The van der Waals surface area contributed by atoms with Gasteiger partial charge >= 0.3 is 0 Å². The first-order valence-corrected chi connectivity index (χ1v) is 39.7. The van der Waals surface area contributed by atoms with Crippen molar-refractivity contribution in [3.05, 3.63) is 194 Å². The molecule has 10 rings (SSSR count). The predicted molar refractivity (Wildman–Crippen MR) is 439 cm³/mol. The summed E-state index contributed by atoms with van der Waals surface area (Å²) in [7, 11) is 0. The summed E-state index contributed by atoms with van der Waals surface area (Å²) in [5.74, 6) is -7.72. The summed E-state index contributed by atoms with van der Waals surface area (Å²) < 4.78 is 5.85. The van der Waals surface area contributed by atoms with Crippen LogP contribution in [0.15, 0.2) is 128 Å². The number of nitrogens with one attached hydrogen (secondary N) is 14. The molecule has 6 aromatic carbocycles. The van der Waals surface area contributed by atoms with Crippen LogP contribution in [0.5, 0.6) is 28.9 Å². The molecule has 11 amide bonds. The van der Waals surface area contributed by atoms with E-state index in [1.54, 1.807) is 24.3 Å². The van der Waals surface area contributed by atoms with E-state index in [0.717, 1.165) is 29.5 Å². The highest BCUT2D eigenvalue weighted by molar-refractivity contribution is 6.07. The molecule has 0 aliphatic carbocycles. The van der Waals surface area contributed by atoms with Gasteiger partial charge in [-0.15, -0.1) is 0 Å². The molecule has 8 aromatic rings. The number of nitrogen functional groups attached to an aromatic ring is 1. The molecule has 20 N–H and O–H groups in total. The number of carbonyl (C=O) groups is 11. The van der Waals surface area contributed by atoms with Gasteiger partial charge in [-0.2, -0.15) is 9.97 Å². The maximum absolute atomic E-state index is 14.1. The normalized spacial score (nSPS) is 15.9. The van der Waals surface area contributed by atoms with E-state index in [1.165, 1.54) is 79.1 Å². The third-order valence-electron chi connectivity index (χ3n) is 19.9. The molecule has 2 aliphatic heterocycles. The number of hydrogen-bond donors (Lipinski definition) is 17. The highest BCUT2D eigenvalue weighted by Gasteiger charge is 2.27. The van der Waals surface area contributed by atoms with Crippen LogP contribution in [0.1, 0.15) is 168 Å². The number of aromatic hydroxyl groups is 2. The summed E-state index contributed by atoms with van der Waals surface area (Å²) in [5, 5.41) is 82.6. The predicted octanol–water partition coefficient (Wildman–Crippen LogP) is 1.43. The van der Waals surface area contributed by atoms with Crippen LogP contribution < -0.4 is 84.7 Å². The summed E-state index contributed by atoms with van der Waals surface area (Å²) in [4.78, 5) is 167. The number of ether oxygens (including phenoxy) is 1. The number of carbonyl (C=O) groups excluding carboxylic acids is 11. The first-order valence-electron chi connectivity index (χ1n) is 39.7. The molecule has 4 heterocycles. The molecule has 0 fully saturated rings. The average Bonchev–Trinajstić information content (AvgIpc) is 1.46. The number of imidazole rings is 1. The van der Waals surface area contributed by atoms with Crippen LogP contribution in [0.4, 0.5) is 5.95 Å². The highest BCUT2D eigenvalue weighted by atomic mass is 16.5.